The van der Waals surface area contributed by atoms with Gasteiger partial charge in [0.1, 0.15) is 18.2 Å². The van der Waals surface area contributed by atoms with Crippen molar-refractivity contribution in [2.75, 3.05) is 0 Å². The van der Waals surface area contributed by atoms with E-state index < -0.39 is 11.7 Å². The van der Waals surface area contributed by atoms with Crippen molar-refractivity contribution < 1.29 is 13.5 Å². The van der Waals surface area contributed by atoms with Gasteiger partial charge in [-0.2, -0.15) is 0 Å². The predicted molar refractivity (Wildman–Crippen MR) is 118 cm³/mol. The van der Waals surface area contributed by atoms with Crippen molar-refractivity contribution in [3.05, 3.63) is 71.0 Å². The Kier molecular flexibility index (Phi) is 10.5. The van der Waals surface area contributed by atoms with Crippen LogP contribution in [0.4, 0.5) is 8.78 Å². The molecule has 1 nitrogen and oxygen atoms in total. The zero-order valence-corrected chi connectivity index (χ0v) is 17.9. The smallest absolute Gasteiger partial charge is 0.161 e. The van der Waals surface area contributed by atoms with E-state index in [0.29, 0.717) is 18.8 Å². The molecule has 0 spiro atoms. The van der Waals surface area contributed by atoms with Gasteiger partial charge in [0.15, 0.2) is 5.83 Å². The fraction of sp³-hybridized carbons (Fsp3) is 0.462. The molecule has 0 aliphatic heterocycles. The first kappa shape index (κ1) is 23.1. The average molecular weight is 401 g/mol. The summed E-state index contributed by atoms with van der Waals surface area (Å²) in [4.78, 5) is 0. The second-order valence-corrected chi connectivity index (χ2v) is 7.62. The lowest BCUT2D eigenvalue weighted by Crippen LogP contribution is -1.96. The molecule has 3 heteroatoms. The van der Waals surface area contributed by atoms with Gasteiger partial charge in [-0.25, -0.2) is 8.78 Å². The van der Waals surface area contributed by atoms with Crippen molar-refractivity contribution in [3.63, 3.8) is 0 Å². The second-order valence-electron chi connectivity index (χ2n) is 7.62. The third kappa shape index (κ3) is 8.39. The molecule has 0 aliphatic carbocycles. The molecule has 158 valence electrons. The van der Waals surface area contributed by atoms with Gasteiger partial charge < -0.3 is 4.74 Å². The number of halogens is 2. The van der Waals surface area contributed by atoms with Gasteiger partial charge in [-0.15, -0.1) is 0 Å². The average Bonchev–Trinajstić information content (AvgIpc) is 2.75. The fourth-order valence-corrected chi connectivity index (χ4v) is 3.26. The van der Waals surface area contributed by atoms with E-state index in [1.165, 1.54) is 44.1 Å². The van der Waals surface area contributed by atoms with Crippen LogP contribution in [0, 0.1) is 0 Å². The summed E-state index contributed by atoms with van der Waals surface area (Å²) in [6.45, 7) is 4.53. The number of rotatable bonds is 13. The minimum Gasteiger partial charge on any atom is -0.489 e. The van der Waals surface area contributed by atoms with Crippen LogP contribution in [-0.4, -0.2) is 0 Å². The van der Waals surface area contributed by atoms with Crippen LogP contribution in [0.25, 0.3) is 5.83 Å². The van der Waals surface area contributed by atoms with E-state index in [0.717, 1.165) is 12.0 Å². The van der Waals surface area contributed by atoms with E-state index in [-0.39, 0.29) is 12.0 Å². The molecule has 0 saturated carbocycles. The predicted octanol–water partition coefficient (Wildman–Crippen LogP) is 8.58. The molecule has 0 heterocycles. The molecular formula is C26H34F2O. The maximum absolute atomic E-state index is 14.0. The molecule has 0 radical (unpaired) electrons. The molecule has 0 atom stereocenters. The Hall–Kier alpha value is -2.16. The number of hydrogen-bond acceptors (Lipinski definition) is 1. The van der Waals surface area contributed by atoms with Crippen molar-refractivity contribution in [2.45, 2.75) is 78.2 Å². The topological polar surface area (TPSA) is 9.23 Å². The maximum Gasteiger partial charge on any atom is 0.161 e. The molecule has 0 N–H and O–H groups in total. The molecule has 0 aliphatic rings. The highest BCUT2D eigenvalue weighted by atomic mass is 19.2. The fourth-order valence-electron chi connectivity index (χ4n) is 3.26. The Labute approximate surface area is 174 Å². The molecule has 0 saturated heterocycles. The van der Waals surface area contributed by atoms with Crippen molar-refractivity contribution in [3.8, 4) is 5.75 Å². The van der Waals surface area contributed by atoms with Gasteiger partial charge in [0.25, 0.3) is 0 Å². The van der Waals surface area contributed by atoms with E-state index in [2.05, 4.69) is 31.2 Å². The molecule has 29 heavy (non-hydrogen) atoms. The number of benzene rings is 2. The van der Waals surface area contributed by atoms with E-state index in [1.807, 2.05) is 6.92 Å². The van der Waals surface area contributed by atoms with Crippen molar-refractivity contribution in [2.24, 2.45) is 0 Å². The minimum atomic E-state index is -0.778. The summed E-state index contributed by atoms with van der Waals surface area (Å²) < 4.78 is 33.3. The number of unbranched alkanes of at least 4 members (excludes halogenated alkanes) is 5. The molecule has 0 bridgehead atoms. The third-order valence-corrected chi connectivity index (χ3v) is 5.06. The molecule has 0 aromatic heterocycles. The zero-order chi connectivity index (χ0) is 20.9. The van der Waals surface area contributed by atoms with E-state index in [1.54, 1.807) is 24.3 Å². The highest BCUT2D eigenvalue weighted by Gasteiger charge is 2.08. The van der Waals surface area contributed by atoms with Crippen LogP contribution in [0.2, 0.25) is 0 Å². The highest BCUT2D eigenvalue weighted by Crippen LogP contribution is 2.26. The summed E-state index contributed by atoms with van der Waals surface area (Å²) in [5.41, 5.74) is 2.72. The van der Waals surface area contributed by atoms with Crippen molar-refractivity contribution in [1.82, 2.24) is 0 Å². The first-order valence-electron chi connectivity index (χ1n) is 11.0. The molecule has 0 fully saturated rings. The van der Waals surface area contributed by atoms with E-state index in [4.69, 9.17) is 4.74 Å². The lowest BCUT2D eigenvalue weighted by molar-refractivity contribution is 0.306. The monoisotopic (exact) mass is 400 g/mol. The molecule has 2 rings (SSSR count). The van der Waals surface area contributed by atoms with Gasteiger partial charge in [0.2, 0.25) is 0 Å². The van der Waals surface area contributed by atoms with E-state index in [9.17, 15) is 8.78 Å². The number of allylic oxidation sites excluding steroid dienone is 1. The Balaban J connectivity index is 1.77. The Morgan fingerprint density at radius 3 is 2.00 bits per heavy atom. The van der Waals surface area contributed by atoms with Crippen LogP contribution in [0.1, 0.15) is 81.9 Å². The standard InChI is InChI=1S/C26H34F2O/c1-3-5-6-7-8-9-11-21-12-14-22(15-13-21)20-29-24-18-16-23(17-19-24)26(28)25(27)10-4-2/h12-19H,3-11,20H2,1-2H3/b26-25-. The van der Waals surface area contributed by atoms with Crippen LogP contribution in [0.15, 0.2) is 54.4 Å². The summed E-state index contributed by atoms with van der Waals surface area (Å²) in [5, 5.41) is 0. The Bertz CT molecular complexity index is 732. The molecule has 2 aromatic carbocycles. The van der Waals surface area contributed by atoms with Crippen molar-refractivity contribution >= 4 is 5.83 Å². The van der Waals surface area contributed by atoms with Gasteiger partial charge >= 0.3 is 0 Å². The summed E-state index contributed by atoms with van der Waals surface area (Å²) >= 11 is 0. The van der Waals surface area contributed by atoms with Crippen LogP contribution < -0.4 is 4.74 Å². The van der Waals surface area contributed by atoms with E-state index >= 15 is 0 Å². The van der Waals surface area contributed by atoms with Gasteiger partial charge in [-0.3, -0.25) is 0 Å². The lowest BCUT2D eigenvalue weighted by atomic mass is 10.0. The third-order valence-electron chi connectivity index (χ3n) is 5.06. The van der Waals surface area contributed by atoms with Gasteiger partial charge in [-0.1, -0.05) is 70.2 Å². The lowest BCUT2D eigenvalue weighted by Gasteiger charge is -2.08. The Morgan fingerprint density at radius 2 is 1.34 bits per heavy atom. The van der Waals surface area contributed by atoms with Crippen LogP contribution in [-0.2, 0) is 13.0 Å². The normalized spacial score (nSPS) is 12.0. The van der Waals surface area contributed by atoms with Gasteiger partial charge in [-0.05, 0) is 54.7 Å². The zero-order valence-electron chi connectivity index (χ0n) is 17.9. The number of aryl methyl sites for hydroxylation is 1. The quantitative estimate of drug-likeness (QED) is 0.306. The second kappa shape index (κ2) is 13.1. The SMILES string of the molecule is CCCCCCCCc1ccc(COc2ccc(/C(F)=C(/F)CCC)cc2)cc1. The van der Waals surface area contributed by atoms with Gasteiger partial charge in [0, 0.05) is 12.0 Å². The number of hydrogen-bond donors (Lipinski definition) is 0. The summed E-state index contributed by atoms with van der Waals surface area (Å²) in [6.07, 6.45) is 9.71. The largest absolute Gasteiger partial charge is 0.489 e. The maximum atomic E-state index is 14.0. The molecule has 0 unspecified atom stereocenters. The van der Waals surface area contributed by atoms with Crippen LogP contribution in [0.5, 0.6) is 5.75 Å². The summed E-state index contributed by atoms with van der Waals surface area (Å²) in [6, 6.07) is 15.0. The first-order valence-corrected chi connectivity index (χ1v) is 11.0. The molecule has 0 amide bonds. The summed E-state index contributed by atoms with van der Waals surface area (Å²) in [5.74, 6) is -0.824. The van der Waals surface area contributed by atoms with Crippen LogP contribution in [0.3, 0.4) is 0 Å². The Morgan fingerprint density at radius 1 is 0.724 bits per heavy atom. The van der Waals surface area contributed by atoms with Crippen LogP contribution >= 0.6 is 0 Å². The molecule has 2 aromatic rings. The molecular weight excluding hydrogens is 366 g/mol. The number of ether oxygens (including phenoxy) is 1. The van der Waals surface area contributed by atoms with Crippen molar-refractivity contribution in [1.29, 1.82) is 0 Å². The highest BCUT2D eigenvalue weighted by molar-refractivity contribution is 5.61. The van der Waals surface area contributed by atoms with Gasteiger partial charge in [0.05, 0.1) is 0 Å². The first-order chi connectivity index (χ1) is 14.1. The minimum absolute atomic E-state index is 0.124. The summed E-state index contributed by atoms with van der Waals surface area (Å²) in [7, 11) is 0.